The van der Waals surface area contributed by atoms with Gasteiger partial charge in [-0.2, -0.15) is 0 Å². The molecule has 0 aliphatic heterocycles. The monoisotopic (exact) mass is 260 g/mol. The second kappa shape index (κ2) is 7.52. The molecule has 1 unspecified atom stereocenters. The molecule has 104 valence electrons. The standard InChI is InChI=1S/C11H20N2O5/c1-7(2)8(3)4-12-11(18)13(5-9(14)15)6-10(16)17/h7-8H,4-6H2,1-3H3,(H,12,18)(H,14,15)(H,16,17). The van der Waals surface area contributed by atoms with Crippen molar-refractivity contribution in [2.45, 2.75) is 20.8 Å². The average molecular weight is 260 g/mol. The molecule has 0 bridgehead atoms. The fraction of sp³-hybridized carbons (Fsp3) is 0.727. The third-order valence-electron chi connectivity index (χ3n) is 2.65. The number of carbonyl (C=O) groups is 3. The van der Waals surface area contributed by atoms with Crippen molar-refractivity contribution in [3.05, 3.63) is 0 Å². The van der Waals surface area contributed by atoms with Gasteiger partial charge >= 0.3 is 18.0 Å². The number of hydrogen-bond acceptors (Lipinski definition) is 3. The van der Waals surface area contributed by atoms with E-state index >= 15 is 0 Å². The van der Waals surface area contributed by atoms with Crippen LogP contribution in [0.1, 0.15) is 20.8 Å². The van der Waals surface area contributed by atoms with Crippen LogP contribution in [0.4, 0.5) is 4.79 Å². The highest BCUT2D eigenvalue weighted by atomic mass is 16.4. The fourth-order valence-corrected chi connectivity index (χ4v) is 1.12. The van der Waals surface area contributed by atoms with Crippen LogP contribution in [0.15, 0.2) is 0 Å². The van der Waals surface area contributed by atoms with Gasteiger partial charge in [0.1, 0.15) is 13.1 Å². The maximum atomic E-state index is 11.6. The van der Waals surface area contributed by atoms with Gasteiger partial charge in [-0.05, 0) is 11.8 Å². The van der Waals surface area contributed by atoms with Crippen molar-refractivity contribution >= 4 is 18.0 Å². The van der Waals surface area contributed by atoms with Crippen molar-refractivity contribution in [1.29, 1.82) is 0 Å². The van der Waals surface area contributed by atoms with E-state index in [-0.39, 0.29) is 5.92 Å². The van der Waals surface area contributed by atoms with Gasteiger partial charge in [0.25, 0.3) is 0 Å². The zero-order valence-electron chi connectivity index (χ0n) is 10.8. The van der Waals surface area contributed by atoms with E-state index in [2.05, 4.69) is 5.32 Å². The Balaban J connectivity index is 4.37. The molecule has 0 spiro atoms. The summed E-state index contributed by atoms with van der Waals surface area (Å²) in [5.74, 6) is -1.89. The molecule has 7 heteroatoms. The van der Waals surface area contributed by atoms with Gasteiger partial charge in [-0.15, -0.1) is 0 Å². The van der Waals surface area contributed by atoms with E-state index in [1.54, 1.807) is 0 Å². The number of hydrogen-bond donors (Lipinski definition) is 3. The highest BCUT2D eigenvalue weighted by molar-refractivity contribution is 5.84. The smallest absolute Gasteiger partial charge is 0.323 e. The highest BCUT2D eigenvalue weighted by Crippen LogP contribution is 2.07. The van der Waals surface area contributed by atoms with Crippen LogP contribution in [0.3, 0.4) is 0 Å². The van der Waals surface area contributed by atoms with Crippen LogP contribution in [0.5, 0.6) is 0 Å². The van der Waals surface area contributed by atoms with Crippen LogP contribution in [0, 0.1) is 11.8 Å². The lowest BCUT2D eigenvalue weighted by molar-refractivity contribution is -0.140. The van der Waals surface area contributed by atoms with E-state index in [4.69, 9.17) is 10.2 Å². The normalized spacial score (nSPS) is 12.0. The van der Waals surface area contributed by atoms with E-state index < -0.39 is 31.1 Å². The van der Waals surface area contributed by atoms with Crippen molar-refractivity contribution in [2.24, 2.45) is 11.8 Å². The fourth-order valence-electron chi connectivity index (χ4n) is 1.12. The summed E-state index contributed by atoms with van der Waals surface area (Å²) in [6, 6.07) is -0.674. The zero-order valence-corrected chi connectivity index (χ0v) is 10.8. The number of urea groups is 1. The minimum atomic E-state index is -1.25. The number of nitrogens with zero attached hydrogens (tertiary/aromatic N) is 1. The minimum absolute atomic E-state index is 0.227. The first-order valence-electron chi connectivity index (χ1n) is 5.70. The van der Waals surface area contributed by atoms with Crippen molar-refractivity contribution in [3.8, 4) is 0 Å². The molecule has 1 atom stereocenters. The Bertz CT molecular complexity index is 301. The molecule has 3 N–H and O–H groups in total. The third-order valence-corrected chi connectivity index (χ3v) is 2.65. The molecule has 0 fully saturated rings. The number of nitrogens with one attached hydrogen (secondary N) is 1. The molecule has 0 aromatic heterocycles. The highest BCUT2D eigenvalue weighted by Gasteiger charge is 2.20. The number of carbonyl (C=O) groups excluding carboxylic acids is 1. The van der Waals surface area contributed by atoms with Gasteiger partial charge in [-0.25, -0.2) is 4.79 Å². The Morgan fingerprint density at radius 2 is 1.50 bits per heavy atom. The van der Waals surface area contributed by atoms with E-state index in [0.29, 0.717) is 12.5 Å². The largest absolute Gasteiger partial charge is 0.480 e. The van der Waals surface area contributed by atoms with Gasteiger partial charge in [0.2, 0.25) is 0 Å². The van der Waals surface area contributed by atoms with Crippen LogP contribution < -0.4 is 5.32 Å². The maximum Gasteiger partial charge on any atom is 0.323 e. The molecule has 18 heavy (non-hydrogen) atoms. The Kier molecular flexibility index (Phi) is 6.77. The first kappa shape index (κ1) is 16.2. The maximum absolute atomic E-state index is 11.6. The second-order valence-corrected chi connectivity index (χ2v) is 4.55. The molecule has 0 aromatic rings. The number of carboxylic acid groups (broad SMARTS) is 2. The Morgan fingerprint density at radius 1 is 1.06 bits per heavy atom. The molecular weight excluding hydrogens is 240 g/mol. The summed E-state index contributed by atoms with van der Waals surface area (Å²) in [6.45, 7) is 5.07. The van der Waals surface area contributed by atoms with E-state index in [9.17, 15) is 14.4 Å². The first-order chi connectivity index (χ1) is 8.23. The summed E-state index contributed by atoms with van der Waals surface area (Å²) < 4.78 is 0. The Labute approximate surface area is 106 Å². The summed E-state index contributed by atoms with van der Waals surface area (Å²) in [7, 11) is 0. The molecule has 0 saturated carbocycles. The number of aliphatic carboxylic acids is 2. The van der Waals surface area contributed by atoms with Crippen molar-refractivity contribution in [3.63, 3.8) is 0 Å². The molecule has 0 radical (unpaired) electrons. The lowest BCUT2D eigenvalue weighted by Crippen LogP contribution is -2.46. The summed E-state index contributed by atoms with van der Waals surface area (Å²) in [6.07, 6.45) is 0. The predicted molar refractivity (Wildman–Crippen MR) is 64.2 cm³/mol. The SMILES string of the molecule is CC(C)C(C)CNC(=O)N(CC(=O)O)CC(=O)O. The summed E-state index contributed by atoms with van der Waals surface area (Å²) in [4.78, 5) is 33.4. The zero-order chi connectivity index (χ0) is 14.3. The van der Waals surface area contributed by atoms with Gasteiger partial charge in [0.15, 0.2) is 0 Å². The average Bonchev–Trinajstić information content (AvgIpc) is 2.22. The quantitative estimate of drug-likeness (QED) is 0.616. The van der Waals surface area contributed by atoms with Crippen LogP contribution in [-0.4, -0.2) is 52.7 Å². The van der Waals surface area contributed by atoms with Gasteiger partial charge in [0, 0.05) is 6.54 Å². The Morgan fingerprint density at radius 3 is 1.83 bits per heavy atom. The van der Waals surface area contributed by atoms with E-state index in [0.717, 1.165) is 4.90 Å². The lowest BCUT2D eigenvalue weighted by atomic mass is 9.98. The van der Waals surface area contributed by atoms with Gasteiger partial charge < -0.3 is 20.4 Å². The summed E-state index contributed by atoms with van der Waals surface area (Å²) >= 11 is 0. The van der Waals surface area contributed by atoms with Crippen LogP contribution >= 0.6 is 0 Å². The number of rotatable bonds is 7. The molecule has 0 heterocycles. The van der Waals surface area contributed by atoms with Crippen LogP contribution in [0.2, 0.25) is 0 Å². The van der Waals surface area contributed by atoms with E-state index in [1.165, 1.54) is 0 Å². The molecule has 2 amide bonds. The lowest BCUT2D eigenvalue weighted by Gasteiger charge is -2.22. The van der Waals surface area contributed by atoms with Crippen molar-refractivity contribution in [1.82, 2.24) is 10.2 Å². The van der Waals surface area contributed by atoms with Crippen molar-refractivity contribution < 1.29 is 24.6 Å². The van der Waals surface area contributed by atoms with Gasteiger partial charge in [-0.1, -0.05) is 20.8 Å². The summed E-state index contributed by atoms with van der Waals surface area (Å²) in [5, 5.41) is 19.7. The molecule has 0 aromatic carbocycles. The molecule has 0 aliphatic carbocycles. The predicted octanol–water partition coefficient (Wildman–Crippen LogP) is 0.459. The third kappa shape index (κ3) is 6.72. The summed E-state index contributed by atoms with van der Waals surface area (Å²) in [5.41, 5.74) is 0. The Hall–Kier alpha value is -1.79. The first-order valence-corrected chi connectivity index (χ1v) is 5.70. The van der Waals surface area contributed by atoms with Crippen LogP contribution in [0.25, 0.3) is 0 Å². The van der Waals surface area contributed by atoms with Gasteiger partial charge in [0.05, 0.1) is 0 Å². The van der Waals surface area contributed by atoms with Crippen LogP contribution in [-0.2, 0) is 9.59 Å². The molecule has 0 saturated heterocycles. The van der Waals surface area contributed by atoms with Gasteiger partial charge in [-0.3, -0.25) is 9.59 Å². The minimum Gasteiger partial charge on any atom is -0.480 e. The van der Waals surface area contributed by atoms with Crippen molar-refractivity contribution in [2.75, 3.05) is 19.6 Å². The molecular formula is C11H20N2O5. The molecule has 0 rings (SSSR count). The topological polar surface area (TPSA) is 107 Å². The van der Waals surface area contributed by atoms with E-state index in [1.807, 2.05) is 20.8 Å². The number of amides is 2. The second-order valence-electron chi connectivity index (χ2n) is 4.55. The molecule has 0 aliphatic rings. The molecule has 7 nitrogen and oxygen atoms in total. The number of carboxylic acids is 2.